The SMILES string of the molecule is CCOC(=O)CO.CCOC(=O)c1oc2nc(C)cc(C)c2c1N.Cc1cc(C)c(C#N)c(Cl)n1. The summed E-state index contributed by atoms with van der Waals surface area (Å²) in [6, 6.07) is 5.73. The number of aliphatic hydroxyl groups is 1. The molecule has 3 rings (SSSR count). The van der Waals surface area contributed by atoms with Gasteiger partial charge in [0.05, 0.1) is 29.9 Å². The molecule has 0 amide bonds. The zero-order valence-corrected chi connectivity index (χ0v) is 21.3. The van der Waals surface area contributed by atoms with Crippen LogP contribution in [0.2, 0.25) is 5.15 Å². The molecule has 0 radical (unpaired) electrons. The molecule has 0 saturated carbocycles. The summed E-state index contributed by atoms with van der Waals surface area (Å²) in [5.74, 6) is -1.09. The van der Waals surface area contributed by atoms with Gasteiger partial charge in [0.25, 0.3) is 0 Å². The minimum atomic E-state index is -0.567. The minimum absolute atomic E-state index is 0.0306. The van der Waals surface area contributed by atoms with Crippen LogP contribution in [-0.4, -0.2) is 46.8 Å². The van der Waals surface area contributed by atoms with Gasteiger partial charge in [0.2, 0.25) is 11.5 Å². The van der Waals surface area contributed by atoms with Crippen molar-refractivity contribution in [2.75, 3.05) is 25.6 Å². The molecule has 3 aromatic rings. The number of nitrogen functional groups attached to an aromatic ring is 1. The number of halogens is 1. The van der Waals surface area contributed by atoms with E-state index in [-0.39, 0.29) is 12.4 Å². The number of hydrogen-bond donors (Lipinski definition) is 2. The zero-order valence-electron chi connectivity index (χ0n) is 20.6. The quantitative estimate of drug-likeness (QED) is 0.392. The highest BCUT2D eigenvalue weighted by Crippen LogP contribution is 2.30. The first-order valence-electron chi connectivity index (χ1n) is 10.6. The van der Waals surface area contributed by atoms with Crippen LogP contribution in [0.4, 0.5) is 5.69 Å². The molecular weight excluding hydrogens is 476 g/mol. The number of esters is 2. The van der Waals surface area contributed by atoms with Gasteiger partial charge < -0.3 is 24.7 Å². The second-order valence-electron chi connectivity index (χ2n) is 7.15. The van der Waals surface area contributed by atoms with E-state index in [9.17, 15) is 9.59 Å². The Bertz CT molecular complexity index is 1210. The van der Waals surface area contributed by atoms with Crippen LogP contribution in [0, 0.1) is 39.0 Å². The first-order chi connectivity index (χ1) is 16.5. The third kappa shape index (κ3) is 8.24. The molecule has 0 atom stereocenters. The van der Waals surface area contributed by atoms with Crippen molar-refractivity contribution in [3.8, 4) is 6.07 Å². The predicted octanol–water partition coefficient (Wildman–Crippen LogP) is 3.97. The van der Waals surface area contributed by atoms with Crippen molar-refractivity contribution in [1.29, 1.82) is 5.26 Å². The van der Waals surface area contributed by atoms with Crippen molar-refractivity contribution in [3.05, 3.63) is 51.1 Å². The summed E-state index contributed by atoms with van der Waals surface area (Å²) in [5.41, 5.74) is 10.5. The molecule has 3 aromatic heterocycles. The van der Waals surface area contributed by atoms with Gasteiger partial charge in [-0.15, -0.1) is 0 Å². The van der Waals surface area contributed by atoms with Crippen molar-refractivity contribution in [3.63, 3.8) is 0 Å². The summed E-state index contributed by atoms with van der Waals surface area (Å²) in [6.45, 7) is 11.0. The Kier molecular flexibility index (Phi) is 11.6. The molecule has 0 spiro atoms. The average molecular weight is 505 g/mol. The third-order valence-corrected chi connectivity index (χ3v) is 4.61. The van der Waals surface area contributed by atoms with E-state index in [0.29, 0.717) is 34.1 Å². The fourth-order valence-corrected chi connectivity index (χ4v) is 3.27. The topological polar surface area (TPSA) is 162 Å². The minimum Gasteiger partial charge on any atom is -0.464 e. The van der Waals surface area contributed by atoms with Crippen LogP contribution >= 0.6 is 11.6 Å². The molecular formula is C24H29ClN4O6. The fraction of sp³-hybridized carbons (Fsp3) is 0.375. The zero-order chi connectivity index (χ0) is 26.7. The van der Waals surface area contributed by atoms with E-state index in [4.69, 9.17) is 36.9 Å². The van der Waals surface area contributed by atoms with Gasteiger partial charge in [-0.1, -0.05) is 11.6 Å². The first-order valence-corrected chi connectivity index (χ1v) is 11.0. The third-order valence-electron chi connectivity index (χ3n) is 4.33. The number of anilines is 1. The number of fused-ring (bicyclic) bond motifs is 1. The van der Waals surface area contributed by atoms with Crippen LogP contribution in [-0.2, 0) is 14.3 Å². The summed E-state index contributed by atoms with van der Waals surface area (Å²) in [6.07, 6.45) is 0. The number of carbonyl (C=O) groups is 2. The molecule has 10 nitrogen and oxygen atoms in total. The number of furan rings is 1. The molecule has 0 aliphatic carbocycles. The lowest BCUT2D eigenvalue weighted by Crippen LogP contribution is -2.07. The van der Waals surface area contributed by atoms with Crippen molar-refractivity contribution >= 4 is 40.3 Å². The van der Waals surface area contributed by atoms with Crippen molar-refractivity contribution in [2.45, 2.75) is 41.5 Å². The largest absolute Gasteiger partial charge is 0.464 e. The predicted molar refractivity (Wildman–Crippen MR) is 131 cm³/mol. The maximum absolute atomic E-state index is 11.6. The summed E-state index contributed by atoms with van der Waals surface area (Å²) < 4.78 is 14.5. The number of hydrogen-bond acceptors (Lipinski definition) is 10. The van der Waals surface area contributed by atoms with E-state index in [2.05, 4.69) is 14.7 Å². The smallest absolute Gasteiger partial charge is 0.376 e. The Hall–Kier alpha value is -3.68. The molecule has 0 saturated heterocycles. The van der Waals surface area contributed by atoms with Crippen molar-refractivity contribution < 1.29 is 28.6 Å². The number of ether oxygens (including phenoxy) is 2. The van der Waals surface area contributed by atoms with E-state index in [1.54, 1.807) is 13.8 Å². The van der Waals surface area contributed by atoms with E-state index in [1.165, 1.54) is 0 Å². The van der Waals surface area contributed by atoms with E-state index < -0.39 is 18.5 Å². The second-order valence-corrected chi connectivity index (χ2v) is 7.51. The number of aromatic nitrogens is 2. The Morgan fingerprint density at radius 1 is 1.09 bits per heavy atom. The highest BCUT2D eigenvalue weighted by Gasteiger charge is 2.21. The second kappa shape index (κ2) is 13.9. The molecule has 3 heterocycles. The number of nitrogens with zero attached hydrogens (tertiary/aromatic N) is 3. The number of aliphatic hydroxyl groups excluding tert-OH is 1. The summed E-state index contributed by atoms with van der Waals surface area (Å²) in [7, 11) is 0. The molecule has 0 fully saturated rings. The molecule has 0 unspecified atom stereocenters. The summed E-state index contributed by atoms with van der Waals surface area (Å²) >= 11 is 5.70. The maximum atomic E-state index is 11.6. The Morgan fingerprint density at radius 3 is 2.14 bits per heavy atom. The highest BCUT2D eigenvalue weighted by molar-refractivity contribution is 6.30. The standard InChI is InChI=1S/C12H14N2O3.C8H7ClN2.C4H8O3/c1-4-16-12(15)10-9(13)8-6(2)5-7(3)14-11(8)17-10;1-5-3-6(2)11-8(9)7(5)4-10;1-2-7-4(6)3-5/h5H,4,13H2,1-3H3;3H,1-2H3;5H,2-3H2,1H3. The van der Waals surface area contributed by atoms with Gasteiger partial charge in [-0.2, -0.15) is 5.26 Å². The van der Waals surface area contributed by atoms with Crippen molar-refractivity contribution in [1.82, 2.24) is 9.97 Å². The lowest BCUT2D eigenvalue weighted by Gasteiger charge is -1.99. The lowest BCUT2D eigenvalue weighted by atomic mass is 10.1. The summed E-state index contributed by atoms with van der Waals surface area (Å²) in [4.78, 5) is 29.7. The van der Waals surface area contributed by atoms with Crippen LogP contribution in [0.1, 0.15) is 52.5 Å². The highest BCUT2D eigenvalue weighted by atomic mass is 35.5. The number of rotatable bonds is 4. The Balaban J connectivity index is 0.000000293. The first kappa shape index (κ1) is 29.4. The molecule has 0 bridgehead atoms. The number of carbonyl (C=O) groups excluding carboxylic acids is 2. The number of nitriles is 1. The van der Waals surface area contributed by atoms with E-state index in [1.807, 2.05) is 45.9 Å². The van der Waals surface area contributed by atoms with Gasteiger partial charge in [0.15, 0.2) is 0 Å². The van der Waals surface area contributed by atoms with Crippen LogP contribution < -0.4 is 5.73 Å². The molecule has 0 aliphatic heterocycles. The number of aryl methyl sites for hydroxylation is 4. The van der Waals surface area contributed by atoms with E-state index in [0.717, 1.165) is 22.5 Å². The monoisotopic (exact) mass is 504 g/mol. The molecule has 35 heavy (non-hydrogen) atoms. The molecule has 0 aromatic carbocycles. The maximum Gasteiger partial charge on any atom is 0.376 e. The van der Waals surface area contributed by atoms with Gasteiger partial charge in [0.1, 0.15) is 17.8 Å². The molecule has 11 heteroatoms. The Morgan fingerprint density at radius 2 is 1.66 bits per heavy atom. The molecule has 0 aliphatic rings. The van der Waals surface area contributed by atoms with Crippen LogP contribution in [0.5, 0.6) is 0 Å². The van der Waals surface area contributed by atoms with Crippen molar-refractivity contribution in [2.24, 2.45) is 0 Å². The van der Waals surface area contributed by atoms with Gasteiger partial charge in [-0.3, -0.25) is 0 Å². The number of nitrogens with two attached hydrogens (primary N) is 1. The summed E-state index contributed by atoms with van der Waals surface area (Å²) in [5, 5.41) is 17.6. The fourth-order valence-electron chi connectivity index (χ4n) is 2.95. The van der Waals surface area contributed by atoms with E-state index >= 15 is 0 Å². The van der Waals surface area contributed by atoms with Crippen LogP contribution in [0.3, 0.4) is 0 Å². The van der Waals surface area contributed by atoms with Crippen LogP contribution in [0.25, 0.3) is 11.1 Å². The van der Waals surface area contributed by atoms with Gasteiger partial charge in [0, 0.05) is 11.4 Å². The normalized spacial score (nSPS) is 9.80. The number of pyridine rings is 2. The molecule has 188 valence electrons. The average Bonchev–Trinajstić information content (AvgIpc) is 3.11. The van der Waals surface area contributed by atoms with Crippen LogP contribution in [0.15, 0.2) is 16.5 Å². The molecule has 3 N–H and O–H groups in total. The Labute approximate surface area is 208 Å². The lowest BCUT2D eigenvalue weighted by molar-refractivity contribution is -0.146. The van der Waals surface area contributed by atoms with Gasteiger partial charge >= 0.3 is 11.9 Å². The van der Waals surface area contributed by atoms with Gasteiger partial charge in [-0.05, 0) is 64.8 Å². The van der Waals surface area contributed by atoms with Gasteiger partial charge in [-0.25, -0.2) is 19.6 Å².